The number of hydrogen-bond acceptors (Lipinski definition) is 8. The van der Waals surface area contributed by atoms with Gasteiger partial charge in [0.25, 0.3) is 0 Å². The number of rotatable bonds is 11. The van der Waals surface area contributed by atoms with Crippen molar-refractivity contribution in [2.75, 3.05) is 0 Å². The van der Waals surface area contributed by atoms with Crippen LogP contribution in [0.1, 0.15) is 43.8 Å². The molecule has 0 aliphatic heterocycles. The van der Waals surface area contributed by atoms with Crippen molar-refractivity contribution in [2.45, 2.75) is 58.4 Å². The molecule has 2 heterocycles. The predicted molar refractivity (Wildman–Crippen MR) is 139 cm³/mol. The number of aromatic nitrogens is 6. The summed E-state index contributed by atoms with van der Waals surface area (Å²) in [5.74, 6) is 0.658. The van der Waals surface area contributed by atoms with E-state index in [2.05, 4.69) is 32.5 Å². The molecule has 0 saturated carbocycles. The number of esters is 1. The van der Waals surface area contributed by atoms with Gasteiger partial charge in [-0.2, -0.15) is 5.21 Å². The number of ether oxygens (including phenoxy) is 1. The number of benzene rings is 2. The van der Waals surface area contributed by atoms with Crippen molar-refractivity contribution in [3.05, 3.63) is 70.8 Å². The van der Waals surface area contributed by atoms with Crippen LogP contribution in [0.25, 0.3) is 22.5 Å². The van der Waals surface area contributed by atoms with Gasteiger partial charge >= 0.3 is 5.97 Å². The number of aromatic amines is 1. The van der Waals surface area contributed by atoms with E-state index in [9.17, 15) is 9.90 Å². The summed E-state index contributed by atoms with van der Waals surface area (Å²) in [6.07, 6.45) is 1.68. The van der Waals surface area contributed by atoms with Gasteiger partial charge in [-0.1, -0.05) is 73.5 Å². The number of aryl methyl sites for hydroxylation is 1. The quantitative estimate of drug-likeness (QED) is 0.253. The molecule has 0 bridgehead atoms. The minimum Gasteiger partial charge on any atom is -0.458 e. The Balaban J connectivity index is 1.58. The highest BCUT2D eigenvalue weighted by atomic mass is 35.5. The third-order valence-electron chi connectivity index (χ3n) is 6.12. The van der Waals surface area contributed by atoms with Crippen LogP contribution in [0.3, 0.4) is 0 Å². The molecule has 0 amide bonds. The second kappa shape index (κ2) is 12.1. The van der Waals surface area contributed by atoms with Gasteiger partial charge in [0.2, 0.25) is 5.82 Å². The maximum atomic E-state index is 12.2. The number of hydrogen-bond donors (Lipinski definition) is 3. The molecule has 0 radical (unpaired) electrons. The summed E-state index contributed by atoms with van der Waals surface area (Å²) in [6.45, 7) is 3.96. The van der Waals surface area contributed by atoms with E-state index in [-0.39, 0.29) is 11.8 Å². The molecule has 2 aromatic carbocycles. The van der Waals surface area contributed by atoms with Crippen LogP contribution in [0.5, 0.6) is 0 Å². The zero-order valence-corrected chi connectivity index (χ0v) is 21.5. The number of tetrazole rings is 1. The number of nitrogens with one attached hydrogen (secondary N) is 1. The summed E-state index contributed by atoms with van der Waals surface area (Å²) >= 11 is 6.47. The van der Waals surface area contributed by atoms with Gasteiger partial charge in [0.15, 0.2) is 5.15 Å². The Morgan fingerprint density at radius 1 is 1.19 bits per heavy atom. The number of aliphatic hydroxyl groups is 1. The molecule has 10 nitrogen and oxygen atoms in total. The van der Waals surface area contributed by atoms with Crippen molar-refractivity contribution in [1.29, 1.82) is 0 Å². The van der Waals surface area contributed by atoms with Crippen LogP contribution in [0, 0.1) is 0 Å². The van der Waals surface area contributed by atoms with Crippen LogP contribution < -0.4 is 5.73 Å². The Bertz CT molecular complexity index is 1320. The number of H-pyrrole nitrogens is 1. The third kappa shape index (κ3) is 6.22. The molecule has 4 N–H and O–H groups in total. The molecule has 37 heavy (non-hydrogen) atoms. The summed E-state index contributed by atoms with van der Waals surface area (Å²) in [5, 5.41) is 24.3. The van der Waals surface area contributed by atoms with E-state index < -0.39 is 18.1 Å². The first kappa shape index (κ1) is 26.5. The highest BCUT2D eigenvalue weighted by Gasteiger charge is 2.23. The van der Waals surface area contributed by atoms with Crippen molar-refractivity contribution in [1.82, 2.24) is 30.2 Å². The number of nitrogens with zero attached hydrogens (tertiary/aromatic N) is 5. The highest BCUT2D eigenvalue weighted by molar-refractivity contribution is 6.30. The Labute approximate surface area is 219 Å². The normalized spacial score (nSPS) is 12.9. The standard InChI is InChI=1S/C26H30ClN7O3/c1-3-4-9-22-29-24(27)21(15-37-26(36)23(28)16(2)35)34(22)14-17-10-12-18(13-11-17)19-7-5-6-8-20(19)25-30-32-33-31-25/h5-8,10-13,16,23,35H,3-4,9,14-15,28H2,1-2H3,(H,30,31,32,33). The molecule has 0 aliphatic carbocycles. The van der Waals surface area contributed by atoms with Crippen molar-refractivity contribution in [3.8, 4) is 22.5 Å². The number of unbranched alkanes of at least 4 members (excludes halogenated alkanes) is 1. The van der Waals surface area contributed by atoms with Gasteiger partial charge in [0.05, 0.1) is 11.8 Å². The van der Waals surface area contributed by atoms with Gasteiger partial charge in [0, 0.05) is 18.5 Å². The molecule has 0 spiro atoms. The smallest absolute Gasteiger partial charge is 0.325 e. The zero-order chi connectivity index (χ0) is 26.4. The van der Waals surface area contributed by atoms with E-state index in [0.29, 0.717) is 18.1 Å². The Kier molecular flexibility index (Phi) is 8.65. The summed E-state index contributed by atoms with van der Waals surface area (Å²) < 4.78 is 7.35. The number of aliphatic hydroxyl groups excluding tert-OH is 1. The lowest BCUT2D eigenvalue weighted by molar-refractivity contribution is -0.149. The molecule has 2 unspecified atom stereocenters. The summed E-state index contributed by atoms with van der Waals surface area (Å²) in [4.78, 5) is 16.7. The number of imidazole rings is 1. The number of nitrogens with two attached hydrogens (primary N) is 1. The maximum absolute atomic E-state index is 12.2. The molecule has 0 saturated heterocycles. The van der Waals surface area contributed by atoms with Crippen LogP contribution in [-0.4, -0.2) is 53.4 Å². The maximum Gasteiger partial charge on any atom is 0.325 e. The molecule has 2 aromatic heterocycles. The number of carbonyl (C=O) groups is 1. The fraction of sp³-hybridized carbons (Fsp3) is 0.346. The van der Waals surface area contributed by atoms with E-state index in [0.717, 1.165) is 47.3 Å². The van der Waals surface area contributed by atoms with Gasteiger partial charge in [0.1, 0.15) is 18.5 Å². The summed E-state index contributed by atoms with van der Waals surface area (Å²) in [6, 6.07) is 14.9. The fourth-order valence-electron chi connectivity index (χ4n) is 3.97. The van der Waals surface area contributed by atoms with Crippen molar-refractivity contribution < 1.29 is 14.6 Å². The lowest BCUT2D eigenvalue weighted by Gasteiger charge is -2.16. The van der Waals surface area contributed by atoms with E-state index in [1.807, 2.05) is 53.1 Å². The van der Waals surface area contributed by atoms with E-state index >= 15 is 0 Å². The Morgan fingerprint density at radius 2 is 1.92 bits per heavy atom. The number of carbonyl (C=O) groups excluding carboxylic acids is 1. The van der Waals surface area contributed by atoms with Gasteiger partial charge in [-0.15, -0.1) is 10.2 Å². The summed E-state index contributed by atoms with van der Waals surface area (Å²) in [7, 11) is 0. The van der Waals surface area contributed by atoms with Crippen LogP contribution in [0.4, 0.5) is 0 Å². The highest BCUT2D eigenvalue weighted by Crippen LogP contribution is 2.30. The fourth-order valence-corrected chi connectivity index (χ4v) is 4.22. The first-order valence-corrected chi connectivity index (χ1v) is 12.5. The van der Waals surface area contributed by atoms with Gasteiger partial charge < -0.3 is 20.1 Å². The molecule has 2 atom stereocenters. The van der Waals surface area contributed by atoms with Crippen LogP contribution in [0.15, 0.2) is 48.5 Å². The van der Waals surface area contributed by atoms with E-state index in [1.165, 1.54) is 6.92 Å². The van der Waals surface area contributed by atoms with Crippen LogP contribution >= 0.6 is 11.6 Å². The molecule has 4 rings (SSSR count). The number of halogens is 1. The van der Waals surface area contributed by atoms with Crippen LogP contribution in [0.2, 0.25) is 5.15 Å². The summed E-state index contributed by atoms with van der Waals surface area (Å²) in [5.41, 5.74) is 10.2. The van der Waals surface area contributed by atoms with E-state index in [4.69, 9.17) is 22.1 Å². The molecule has 194 valence electrons. The second-order valence-electron chi connectivity index (χ2n) is 8.81. The minimum absolute atomic E-state index is 0.0899. The van der Waals surface area contributed by atoms with Crippen LogP contribution in [-0.2, 0) is 29.1 Å². The lowest BCUT2D eigenvalue weighted by Crippen LogP contribution is -2.41. The van der Waals surface area contributed by atoms with Gasteiger partial charge in [-0.25, -0.2) is 4.98 Å². The topological polar surface area (TPSA) is 145 Å². The Morgan fingerprint density at radius 3 is 2.57 bits per heavy atom. The first-order valence-electron chi connectivity index (χ1n) is 12.1. The molecule has 11 heteroatoms. The van der Waals surface area contributed by atoms with Gasteiger partial charge in [-0.05, 0) is 35.2 Å². The molecule has 4 aromatic rings. The molecule has 0 aliphatic rings. The minimum atomic E-state index is -1.13. The molecular formula is C26H30ClN7O3. The third-order valence-corrected chi connectivity index (χ3v) is 6.42. The largest absolute Gasteiger partial charge is 0.458 e. The average molecular weight is 524 g/mol. The van der Waals surface area contributed by atoms with Crippen molar-refractivity contribution >= 4 is 17.6 Å². The molecular weight excluding hydrogens is 494 g/mol. The monoisotopic (exact) mass is 523 g/mol. The predicted octanol–water partition coefficient (Wildman–Crippen LogP) is 3.53. The molecule has 0 fully saturated rings. The zero-order valence-electron chi connectivity index (χ0n) is 20.8. The second-order valence-corrected chi connectivity index (χ2v) is 9.17. The lowest BCUT2D eigenvalue weighted by atomic mass is 9.98. The van der Waals surface area contributed by atoms with Crippen molar-refractivity contribution in [3.63, 3.8) is 0 Å². The van der Waals surface area contributed by atoms with E-state index in [1.54, 1.807) is 0 Å². The SMILES string of the molecule is CCCCc1nc(Cl)c(COC(=O)C(N)C(C)O)n1Cc1ccc(-c2ccccc2-c2nn[nH]n2)cc1. The average Bonchev–Trinajstić information content (AvgIpc) is 3.54. The Hall–Kier alpha value is -3.60. The van der Waals surface area contributed by atoms with Gasteiger partial charge in [-0.3, -0.25) is 4.79 Å². The van der Waals surface area contributed by atoms with Crippen molar-refractivity contribution in [2.24, 2.45) is 5.73 Å². The first-order chi connectivity index (χ1) is 17.9.